The monoisotopic (exact) mass is 400 g/mol. The minimum atomic E-state index is -0.984. The summed E-state index contributed by atoms with van der Waals surface area (Å²) in [6.45, 7) is 3.01. The molecule has 0 aliphatic rings. The molecule has 0 aliphatic carbocycles. The largest absolute Gasteiger partial charge is 0.479 e. The molecule has 0 radical (unpaired) electrons. The maximum atomic E-state index is 13.0. The number of hydrogen-bond acceptors (Lipinski definition) is 8. The molecule has 1 heterocycles. The van der Waals surface area contributed by atoms with Crippen LogP contribution in [0.4, 0.5) is 0 Å². The highest BCUT2D eigenvalue weighted by atomic mass is 16.6. The van der Waals surface area contributed by atoms with Crippen molar-refractivity contribution in [1.29, 1.82) is 0 Å². The Morgan fingerprint density at radius 2 is 1.52 bits per heavy atom. The van der Waals surface area contributed by atoms with Crippen molar-refractivity contribution in [2.24, 2.45) is 0 Å². The van der Waals surface area contributed by atoms with Crippen molar-refractivity contribution in [3.05, 3.63) is 46.6 Å². The highest BCUT2D eigenvalue weighted by molar-refractivity contribution is 5.94. The molecule has 3 aromatic rings. The summed E-state index contributed by atoms with van der Waals surface area (Å²) in [5.41, 5.74) is 0.256. The second kappa shape index (κ2) is 8.22. The van der Waals surface area contributed by atoms with Crippen LogP contribution in [0.3, 0.4) is 0 Å². The minimum Gasteiger partial charge on any atom is -0.479 e. The second-order valence-electron chi connectivity index (χ2n) is 6.29. The molecule has 8 heteroatoms. The van der Waals surface area contributed by atoms with Gasteiger partial charge in [0.2, 0.25) is 5.43 Å². The number of methoxy groups -OCH3 is 2. The maximum absolute atomic E-state index is 13.0. The summed E-state index contributed by atoms with van der Waals surface area (Å²) in [7, 11) is 2.49. The molecule has 0 unspecified atom stereocenters. The van der Waals surface area contributed by atoms with Gasteiger partial charge in [0.1, 0.15) is 28.1 Å². The average molecular weight is 400 g/mol. The summed E-state index contributed by atoms with van der Waals surface area (Å²) in [6, 6.07) is 9.67. The van der Waals surface area contributed by atoms with Crippen molar-refractivity contribution in [2.75, 3.05) is 14.2 Å². The molecule has 0 N–H and O–H groups in total. The molecule has 0 bridgehead atoms. The van der Waals surface area contributed by atoms with Gasteiger partial charge in [0.15, 0.2) is 12.2 Å². The normalized spacial score (nSPS) is 13.0. The fourth-order valence-electron chi connectivity index (χ4n) is 2.85. The van der Waals surface area contributed by atoms with Gasteiger partial charge in [-0.05, 0) is 26.0 Å². The number of benzene rings is 2. The zero-order chi connectivity index (χ0) is 21.1. The summed E-state index contributed by atoms with van der Waals surface area (Å²) in [6.07, 6.45) is -1.89. The lowest BCUT2D eigenvalue weighted by molar-refractivity contribution is -0.148. The van der Waals surface area contributed by atoms with Gasteiger partial charge in [-0.3, -0.25) is 4.79 Å². The van der Waals surface area contributed by atoms with Crippen LogP contribution in [0.1, 0.15) is 13.8 Å². The third kappa shape index (κ3) is 4.01. The van der Waals surface area contributed by atoms with Crippen molar-refractivity contribution in [3.63, 3.8) is 0 Å². The number of esters is 2. The van der Waals surface area contributed by atoms with E-state index in [0.29, 0.717) is 11.0 Å². The van der Waals surface area contributed by atoms with E-state index in [0.717, 1.165) is 0 Å². The molecule has 0 saturated carbocycles. The van der Waals surface area contributed by atoms with E-state index in [1.54, 1.807) is 24.3 Å². The third-order valence-corrected chi connectivity index (χ3v) is 4.30. The van der Waals surface area contributed by atoms with Gasteiger partial charge >= 0.3 is 11.9 Å². The molecule has 0 fully saturated rings. The lowest BCUT2D eigenvalue weighted by Crippen LogP contribution is -2.26. The predicted molar refractivity (Wildman–Crippen MR) is 104 cm³/mol. The molecule has 2 aromatic carbocycles. The van der Waals surface area contributed by atoms with Crippen LogP contribution in [0, 0.1) is 0 Å². The predicted octanol–water partition coefficient (Wildman–Crippen LogP) is 2.83. The van der Waals surface area contributed by atoms with E-state index >= 15 is 0 Å². The quantitative estimate of drug-likeness (QED) is 0.460. The van der Waals surface area contributed by atoms with E-state index in [9.17, 15) is 14.4 Å². The van der Waals surface area contributed by atoms with Crippen molar-refractivity contribution < 1.29 is 33.0 Å². The molecule has 0 amide bonds. The number of carbonyl (C=O) groups excluding carboxylic acids is 2. The van der Waals surface area contributed by atoms with Gasteiger partial charge < -0.3 is 23.4 Å². The van der Waals surface area contributed by atoms with Crippen LogP contribution in [0.2, 0.25) is 0 Å². The fraction of sp³-hybridized carbons (Fsp3) is 0.286. The van der Waals surface area contributed by atoms with Crippen LogP contribution in [0.15, 0.2) is 45.6 Å². The summed E-state index contributed by atoms with van der Waals surface area (Å²) in [4.78, 5) is 36.5. The molecule has 8 nitrogen and oxygen atoms in total. The van der Waals surface area contributed by atoms with E-state index < -0.39 is 24.1 Å². The van der Waals surface area contributed by atoms with Crippen LogP contribution in [-0.2, 0) is 19.1 Å². The molecule has 3 rings (SSSR count). The number of fused-ring (bicyclic) bond motifs is 2. The topological polar surface area (TPSA) is 101 Å². The first-order valence-electron chi connectivity index (χ1n) is 8.84. The van der Waals surface area contributed by atoms with Gasteiger partial charge in [0.05, 0.1) is 19.6 Å². The third-order valence-electron chi connectivity index (χ3n) is 4.30. The highest BCUT2D eigenvalue weighted by Crippen LogP contribution is 2.32. The van der Waals surface area contributed by atoms with Crippen molar-refractivity contribution in [3.8, 4) is 11.5 Å². The fourth-order valence-corrected chi connectivity index (χ4v) is 2.85. The summed E-state index contributed by atoms with van der Waals surface area (Å²) in [5.74, 6) is -0.902. The first kappa shape index (κ1) is 20.2. The van der Waals surface area contributed by atoms with E-state index in [1.165, 1.54) is 40.2 Å². The lowest BCUT2D eigenvalue weighted by Gasteiger charge is -2.17. The Labute approximate surface area is 165 Å². The van der Waals surface area contributed by atoms with Crippen LogP contribution < -0.4 is 14.9 Å². The molecule has 1 aromatic heterocycles. The first-order chi connectivity index (χ1) is 13.8. The summed E-state index contributed by atoms with van der Waals surface area (Å²) >= 11 is 0. The Hall–Kier alpha value is -3.55. The van der Waals surface area contributed by atoms with E-state index in [1.807, 2.05) is 0 Å². The number of carbonyl (C=O) groups is 2. The first-order valence-corrected chi connectivity index (χ1v) is 8.84. The van der Waals surface area contributed by atoms with Gasteiger partial charge in [0.25, 0.3) is 0 Å². The van der Waals surface area contributed by atoms with Crippen LogP contribution in [-0.4, -0.2) is 38.4 Å². The smallest absolute Gasteiger partial charge is 0.346 e. The van der Waals surface area contributed by atoms with Gasteiger partial charge in [-0.15, -0.1) is 0 Å². The van der Waals surface area contributed by atoms with E-state index in [4.69, 9.17) is 13.9 Å². The van der Waals surface area contributed by atoms with Crippen molar-refractivity contribution >= 4 is 33.9 Å². The molecule has 0 aliphatic heterocycles. The standard InChI is InChI=1S/C21H20O8/c1-11(20(23)25-3)27-13-9-16(28-12(2)21(24)26-4)18-17(10-13)29-15-8-6-5-7-14(15)19(18)22/h5-12H,1-4H3/t11-,12-/m1/s1. The Morgan fingerprint density at radius 3 is 2.17 bits per heavy atom. The van der Waals surface area contributed by atoms with Gasteiger partial charge in [-0.2, -0.15) is 0 Å². The van der Waals surface area contributed by atoms with Crippen LogP contribution in [0.5, 0.6) is 11.5 Å². The van der Waals surface area contributed by atoms with Gasteiger partial charge in [-0.25, -0.2) is 9.59 Å². The zero-order valence-corrected chi connectivity index (χ0v) is 16.4. The minimum absolute atomic E-state index is 0.0759. The summed E-state index contributed by atoms with van der Waals surface area (Å²) < 4.78 is 26.5. The highest BCUT2D eigenvalue weighted by Gasteiger charge is 2.22. The van der Waals surface area contributed by atoms with Crippen LogP contribution >= 0.6 is 0 Å². The van der Waals surface area contributed by atoms with E-state index in [-0.39, 0.29) is 27.9 Å². The maximum Gasteiger partial charge on any atom is 0.346 e. The summed E-state index contributed by atoms with van der Waals surface area (Å²) in [5, 5.41) is 0.518. The van der Waals surface area contributed by atoms with Gasteiger partial charge in [-0.1, -0.05) is 12.1 Å². The Bertz CT molecular complexity index is 1130. The SMILES string of the molecule is COC(=O)[C@@H](C)Oc1cc(O[C@H](C)C(=O)OC)c2c(=O)c3ccccc3oc2c1. The van der Waals surface area contributed by atoms with Crippen LogP contribution in [0.25, 0.3) is 21.9 Å². The lowest BCUT2D eigenvalue weighted by atomic mass is 10.1. The molecule has 152 valence electrons. The van der Waals surface area contributed by atoms with Gasteiger partial charge in [0, 0.05) is 12.1 Å². The number of ether oxygens (including phenoxy) is 4. The Morgan fingerprint density at radius 1 is 0.897 bits per heavy atom. The molecular formula is C21H20O8. The molecule has 2 atom stereocenters. The van der Waals surface area contributed by atoms with Crippen molar-refractivity contribution in [1.82, 2.24) is 0 Å². The number of para-hydroxylation sites is 1. The number of hydrogen-bond donors (Lipinski definition) is 0. The second-order valence-corrected chi connectivity index (χ2v) is 6.29. The van der Waals surface area contributed by atoms with Crippen molar-refractivity contribution in [2.45, 2.75) is 26.1 Å². The molecule has 29 heavy (non-hydrogen) atoms. The molecule has 0 saturated heterocycles. The molecule has 0 spiro atoms. The average Bonchev–Trinajstić information content (AvgIpc) is 2.72. The Kier molecular flexibility index (Phi) is 5.72. The molecular weight excluding hydrogens is 380 g/mol. The Balaban J connectivity index is 2.19. The zero-order valence-electron chi connectivity index (χ0n) is 16.4. The number of rotatable bonds is 6. The van der Waals surface area contributed by atoms with E-state index in [2.05, 4.69) is 9.47 Å².